The van der Waals surface area contributed by atoms with E-state index in [1.165, 1.54) is 0 Å². The third kappa shape index (κ3) is 2.76. The Kier molecular flexibility index (Phi) is 4.62. The van der Waals surface area contributed by atoms with E-state index in [0.29, 0.717) is 0 Å². The van der Waals surface area contributed by atoms with Gasteiger partial charge in [-0.1, -0.05) is 0 Å². The first-order valence-electron chi connectivity index (χ1n) is 6.63. The number of hydrogen-bond acceptors (Lipinski definition) is 1. The van der Waals surface area contributed by atoms with Crippen LogP contribution in [-0.2, 0) is 5.67 Å². The number of alkyl halides is 11. The smallest absolute Gasteiger partial charge is 0.241 e. The number of halogens is 12. The van der Waals surface area contributed by atoms with Gasteiger partial charge in [0.1, 0.15) is 10.3 Å². The third-order valence-electron chi connectivity index (χ3n) is 4.08. The number of rotatable bonds is 2. The van der Waals surface area contributed by atoms with Gasteiger partial charge in [0, 0.05) is 6.42 Å². The van der Waals surface area contributed by atoms with Gasteiger partial charge in [-0.05, 0) is 40.0 Å². The lowest BCUT2D eigenvalue weighted by molar-refractivity contribution is -0.351. The van der Waals surface area contributed by atoms with Crippen LogP contribution in [0.3, 0.4) is 0 Å². The van der Waals surface area contributed by atoms with E-state index in [0.717, 1.165) is 13.0 Å². The summed E-state index contributed by atoms with van der Waals surface area (Å²) in [6, 6.07) is 0.735. The second-order valence-corrected chi connectivity index (χ2v) is 6.57. The zero-order chi connectivity index (χ0) is 20.5. The van der Waals surface area contributed by atoms with E-state index in [9.17, 15) is 48.3 Å². The van der Waals surface area contributed by atoms with Crippen molar-refractivity contribution in [3.8, 4) is 0 Å². The van der Waals surface area contributed by atoms with Gasteiger partial charge in [0.15, 0.2) is 0 Å². The van der Waals surface area contributed by atoms with Gasteiger partial charge >= 0.3 is 29.9 Å². The Morgan fingerprint density at radius 1 is 1.00 bits per heavy atom. The Hall–Kier alpha value is -1.14. The summed E-state index contributed by atoms with van der Waals surface area (Å²) in [5.41, 5.74) is -10.8. The van der Waals surface area contributed by atoms with E-state index in [1.54, 1.807) is 0 Å². The van der Waals surface area contributed by atoms with Crippen molar-refractivity contribution in [1.82, 2.24) is 4.98 Å². The lowest BCUT2D eigenvalue weighted by Crippen LogP contribution is -2.59. The SMILES string of the molecule is Cc1cc(Br)nc(C(F)(C(F)(F)F)C(F)(F)F)c1C1CC(F)(F)C1(F)F. The van der Waals surface area contributed by atoms with Crippen molar-refractivity contribution in [3.05, 3.63) is 27.5 Å². The van der Waals surface area contributed by atoms with Crippen LogP contribution in [0.4, 0.5) is 48.3 Å². The molecule has 148 valence electrons. The van der Waals surface area contributed by atoms with Crippen LogP contribution in [0.25, 0.3) is 0 Å². The summed E-state index contributed by atoms with van der Waals surface area (Å²) in [5, 5.41) is 0. The minimum atomic E-state index is -6.62. The highest BCUT2D eigenvalue weighted by Crippen LogP contribution is 2.63. The van der Waals surface area contributed by atoms with Gasteiger partial charge in [0.25, 0.3) is 0 Å². The molecule has 0 aliphatic heterocycles. The second-order valence-electron chi connectivity index (χ2n) is 5.76. The summed E-state index contributed by atoms with van der Waals surface area (Å²) >= 11 is 2.47. The highest BCUT2D eigenvalue weighted by molar-refractivity contribution is 9.10. The Labute approximate surface area is 146 Å². The average molecular weight is 466 g/mol. The number of pyridine rings is 1. The van der Waals surface area contributed by atoms with Crippen molar-refractivity contribution in [2.75, 3.05) is 0 Å². The topological polar surface area (TPSA) is 12.9 Å². The Morgan fingerprint density at radius 3 is 1.81 bits per heavy atom. The van der Waals surface area contributed by atoms with Crippen molar-refractivity contribution in [1.29, 1.82) is 0 Å². The Morgan fingerprint density at radius 2 is 1.46 bits per heavy atom. The molecule has 1 heterocycles. The molecule has 1 aliphatic rings. The first-order valence-corrected chi connectivity index (χ1v) is 7.42. The van der Waals surface area contributed by atoms with Crippen LogP contribution < -0.4 is 0 Å². The molecule has 0 spiro atoms. The highest BCUT2D eigenvalue weighted by atomic mass is 79.9. The summed E-state index contributed by atoms with van der Waals surface area (Å²) < 4.78 is 145. The molecule has 2 rings (SSSR count). The van der Waals surface area contributed by atoms with Gasteiger partial charge in [-0.25, -0.2) is 9.37 Å². The van der Waals surface area contributed by atoms with E-state index in [1.807, 2.05) is 0 Å². The molecule has 1 aromatic heterocycles. The molecule has 0 saturated heterocycles. The van der Waals surface area contributed by atoms with Crippen molar-refractivity contribution in [2.24, 2.45) is 0 Å². The van der Waals surface area contributed by atoms with Crippen LogP contribution in [-0.4, -0.2) is 29.2 Å². The second kappa shape index (κ2) is 5.68. The standard InChI is InChI=1S/C13H7BrF11N/c1-4-2-6(14)26-8(10(17,12(20,21)22)13(23,24)25)7(4)5-3-9(15,16)11(5,18)19/h2,5H,3H2,1H3. The van der Waals surface area contributed by atoms with Gasteiger partial charge in [0.05, 0.1) is 5.92 Å². The first-order chi connectivity index (χ1) is 11.4. The molecule has 13 heteroatoms. The summed E-state index contributed by atoms with van der Waals surface area (Å²) in [5.74, 6) is -12.4. The van der Waals surface area contributed by atoms with Gasteiger partial charge < -0.3 is 0 Å². The third-order valence-corrected chi connectivity index (χ3v) is 4.48. The van der Waals surface area contributed by atoms with Crippen molar-refractivity contribution >= 4 is 15.9 Å². The zero-order valence-electron chi connectivity index (χ0n) is 12.3. The summed E-state index contributed by atoms with van der Waals surface area (Å²) in [7, 11) is 0. The normalized spacial score (nSPS) is 22.9. The molecular formula is C13H7BrF11N. The zero-order valence-corrected chi connectivity index (χ0v) is 13.9. The van der Waals surface area contributed by atoms with E-state index < -0.39 is 63.6 Å². The lowest BCUT2D eigenvalue weighted by Gasteiger charge is -2.45. The van der Waals surface area contributed by atoms with E-state index in [4.69, 9.17) is 0 Å². The average Bonchev–Trinajstić information content (AvgIpc) is 2.41. The highest BCUT2D eigenvalue weighted by Gasteiger charge is 2.78. The maximum Gasteiger partial charge on any atom is 0.437 e. The van der Waals surface area contributed by atoms with Gasteiger partial charge in [-0.3, -0.25) is 0 Å². The molecule has 0 aromatic carbocycles. The predicted octanol–water partition coefficient (Wildman–Crippen LogP) is 6.20. The summed E-state index contributed by atoms with van der Waals surface area (Å²) in [6.07, 6.45) is -15.0. The van der Waals surface area contributed by atoms with Crippen LogP contribution >= 0.6 is 15.9 Å². The number of nitrogens with zero attached hydrogens (tertiary/aromatic N) is 1. The molecule has 26 heavy (non-hydrogen) atoms. The van der Waals surface area contributed by atoms with Gasteiger partial charge in [-0.2, -0.15) is 43.9 Å². The molecule has 1 fully saturated rings. The fourth-order valence-electron chi connectivity index (χ4n) is 2.70. The summed E-state index contributed by atoms with van der Waals surface area (Å²) in [4.78, 5) is 2.78. The largest absolute Gasteiger partial charge is 0.437 e. The van der Waals surface area contributed by atoms with Crippen LogP contribution in [0.2, 0.25) is 0 Å². The predicted molar refractivity (Wildman–Crippen MR) is 68.8 cm³/mol. The van der Waals surface area contributed by atoms with Crippen LogP contribution in [0, 0.1) is 6.92 Å². The van der Waals surface area contributed by atoms with Gasteiger partial charge in [-0.15, -0.1) is 0 Å². The minimum Gasteiger partial charge on any atom is -0.241 e. The molecule has 0 radical (unpaired) electrons. The lowest BCUT2D eigenvalue weighted by atomic mass is 9.69. The van der Waals surface area contributed by atoms with Crippen molar-refractivity contribution < 1.29 is 48.3 Å². The quantitative estimate of drug-likeness (QED) is 0.374. The number of aryl methyl sites for hydroxylation is 1. The number of aromatic nitrogens is 1. The monoisotopic (exact) mass is 465 g/mol. The van der Waals surface area contributed by atoms with Crippen LogP contribution in [0.15, 0.2) is 10.7 Å². The molecule has 0 bridgehead atoms. The van der Waals surface area contributed by atoms with Crippen LogP contribution in [0.5, 0.6) is 0 Å². The maximum absolute atomic E-state index is 14.4. The van der Waals surface area contributed by atoms with E-state index in [-0.39, 0.29) is 0 Å². The Bertz CT molecular complexity index is 708. The Balaban J connectivity index is 2.82. The van der Waals surface area contributed by atoms with E-state index in [2.05, 4.69) is 20.9 Å². The fourth-order valence-corrected chi connectivity index (χ4v) is 3.22. The number of hydrogen-bond donors (Lipinski definition) is 0. The molecular weight excluding hydrogens is 459 g/mol. The molecule has 0 N–H and O–H groups in total. The van der Waals surface area contributed by atoms with Gasteiger partial charge in [0.2, 0.25) is 0 Å². The minimum absolute atomic E-state index is 0.669. The molecule has 1 aromatic rings. The molecule has 0 amide bonds. The molecule has 1 aliphatic carbocycles. The first kappa shape index (κ1) is 21.2. The molecule has 1 atom stereocenters. The maximum atomic E-state index is 14.4. The molecule has 1 unspecified atom stereocenters. The van der Waals surface area contributed by atoms with E-state index >= 15 is 0 Å². The van der Waals surface area contributed by atoms with Crippen molar-refractivity contribution in [2.45, 2.75) is 49.1 Å². The summed E-state index contributed by atoms with van der Waals surface area (Å²) in [6.45, 7) is 0.797. The fraction of sp³-hybridized carbons (Fsp3) is 0.615. The molecule has 1 nitrogen and oxygen atoms in total. The van der Waals surface area contributed by atoms with Crippen LogP contribution in [0.1, 0.15) is 29.2 Å². The van der Waals surface area contributed by atoms with Crippen molar-refractivity contribution in [3.63, 3.8) is 0 Å². The molecule has 1 saturated carbocycles.